The first kappa shape index (κ1) is 16.0. The third-order valence-electron chi connectivity index (χ3n) is 5.21. The first-order chi connectivity index (χ1) is 10.8. The number of hydrogen-bond donors (Lipinski definition) is 1. The molecule has 1 aromatic rings. The molecule has 0 saturated carbocycles. The van der Waals surface area contributed by atoms with E-state index in [1.807, 2.05) is 0 Å². The zero-order valence-corrected chi connectivity index (χ0v) is 13.8. The predicted octanol–water partition coefficient (Wildman–Crippen LogP) is 2.88. The Bertz CT molecular complexity index is 422. The van der Waals surface area contributed by atoms with Gasteiger partial charge in [0.2, 0.25) is 0 Å². The fourth-order valence-corrected chi connectivity index (χ4v) is 3.66. The molecule has 3 rings (SSSR count). The van der Waals surface area contributed by atoms with Gasteiger partial charge in [-0.25, -0.2) is 0 Å². The molecule has 2 fully saturated rings. The lowest BCUT2D eigenvalue weighted by Gasteiger charge is -2.34. The molecule has 1 N–H and O–H groups in total. The molecule has 0 aliphatic carbocycles. The van der Waals surface area contributed by atoms with Gasteiger partial charge in [-0.15, -0.1) is 0 Å². The van der Waals surface area contributed by atoms with Crippen molar-refractivity contribution in [2.24, 2.45) is 5.92 Å². The third kappa shape index (κ3) is 4.55. The zero-order chi connectivity index (χ0) is 15.2. The SMILES string of the molecule is C[C@@H](CNC1CCN(C[C@@H]2CCOC2)CC1)c1ccccc1. The maximum Gasteiger partial charge on any atom is 0.0507 e. The van der Waals surface area contributed by atoms with Crippen molar-refractivity contribution in [3.8, 4) is 0 Å². The van der Waals surface area contributed by atoms with Crippen molar-refractivity contribution < 1.29 is 4.74 Å². The van der Waals surface area contributed by atoms with Crippen molar-refractivity contribution >= 4 is 0 Å². The van der Waals surface area contributed by atoms with Crippen LogP contribution in [0.4, 0.5) is 0 Å². The van der Waals surface area contributed by atoms with Gasteiger partial charge < -0.3 is 15.0 Å². The van der Waals surface area contributed by atoms with E-state index in [9.17, 15) is 0 Å². The number of ether oxygens (including phenoxy) is 1. The Labute approximate surface area is 135 Å². The van der Waals surface area contributed by atoms with E-state index in [0.717, 1.165) is 25.7 Å². The number of hydrogen-bond acceptors (Lipinski definition) is 3. The van der Waals surface area contributed by atoms with Crippen molar-refractivity contribution in [2.45, 2.75) is 38.1 Å². The second-order valence-electron chi connectivity index (χ2n) is 7.02. The minimum atomic E-state index is 0.592. The first-order valence-corrected chi connectivity index (χ1v) is 8.89. The van der Waals surface area contributed by atoms with Crippen LogP contribution in [0.15, 0.2) is 30.3 Å². The Balaban J connectivity index is 1.35. The summed E-state index contributed by atoms with van der Waals surface area (Å²) in [5, 5.41) is 3.78. The molecule has 3 nitrogen and oxygen atoms in total. The molecule has 0 unspecified atom stereocenters. The molecule has 2 aliphatic rings. The highest BCUT2D eigenvalue weighted by atomic mass is 16.5. The Kier molecular flexibility index (Phi) is 5.88. The smallest absolute Gasteiger partial charge is 0.0507 e. The lowest BCUT2D eigenvalue weighted by Crippen LogP contribution is -2.44. The first-order valence-electron chi connectivity index (χ1n) is 8.89. The van der Waals surface area contributed by atoms with Gasteiger partial charge in [-0.1, -0.05) is 37.3 Å². The normalized spacial score (nSPS) is 25.4. The average Bonchev–Trinajstić information content (AvgIpc) is 3.08. The van der Waals surface area contributed by atoms with Crippen LogP contribution in [0.5, 0.6) is 0 Å². The standard InChI is InChI=1S/C19H30N2O/c1-16(18-5-3-2-4-6-18)13-20-19-7-10-21(11-8-19)14-17-9-12-22-15-17/h2-6,16-17,19-20H,7-15H2,1H3/t16-,17-/m0/s1. The summed E-state index contributed by atoms with van der Waals surface area (Å²) in [6, 6.07) is 11.5. The van der Waals surface area contributed by atoms with Crippen molar-refractivity contribution in [2.75, 3.05) is 39.4 Å². The summed E-state index contributed by atoms with van der Waals surface area (Å²) in [5.41, 5.74) is 1.44. The zero-order valence-electron chi connectivity index (χ0n) is 13.8. The van der Waals surface area contributed by atoms with Crippen LogP contribution in [0.3, 0.4) is 0 Å². The second kappa shape index (κ2) is 8.09. The number of rotatable bonds is 6. The average molecular weight is 302 g/mol. The highest BCUT2D eigenvalue weighted by Crippen LogP contribution is 2.19. The summed E-state index contributed by atoms with van der Waals surface area (Å²) in [7, 11) is 0. The van der Waals surface area contributed by atoms with E-state index in [2.05, 4.69) is 47.5 Å². The number of likely N-dealkylation sites (tertiary alicyclic amines) is 1. The third-order valence-corrected chi connectivity index (χ3v) is 5.21. The molecule has 2 heterocycles. The fourth-order valence-electron chi connectivity index (χ4n) is 3.66. The summed E-state index contributed by atoms with van der Waals surface area (Å²) in [6.07, 6.45) is 3.83. The monoisotopic (exact) mass is 302 g/mol. The summed E-state index contributed by atoms with van der Waals surface area (Å²) in [5.74, 6) is 1.37. The lowest BCUT2D eigenvalue weighted by molar-refractivity contribution is 0.147. The van der Waals surface area contributed by atoms with E-state index in [4.69, 9.17) is 4.74 Å². The lowest BCUT2D eigenvalue weighted by atomic mass is 9.99. The topological polar surface area (TPSA) is 24.5 Å². The molecule has 2 atom stereocenters. The molecule has 1 aromatic carbocycles. The highest BCUT2D eigenvalue weighted by Gasteiger charge is 2.23. The maximum atomic E-state index is 5.49. The number of nitrogens with zero attached hydrogens (tertiary/aromatic N) is 1. The van der Waals surface area contributed by atoms with Gasteiger partial charge in [-0.2, -0.15) is 0 Å². The van der Waals surface area contributed by atoms with Crippen molar-refractivity contribution in [3.05, 3.63) is 35.9 Å². The quantitative estimate of drug-likeness (QED) is 0.874. The Morgan fingerprint density at radius 2 is 1.95 bits per heavy atom. The molecule has 0 radical (unpaired) electrons. The van der Waals surface area contributed by atoms with Crippen LogP contribution < -0.4 is 5.32 Å². The van der Waals surface area contributed by atoms with Gasteiger partial charge in [0.25, 0.3) is 0 Å². The van der Waals surface area contributed by atoms with E-state index >= 15 is 0 Å². The van der Waals surface area contributed by atoms with Gasteiger partial charge in [0.15, 0.2) is 0 Å². The molecule has 22 heavy (non-hydrogen) atoms. The molecule has 0 spiro atoms. The largest absolute Gasteiger partial charge is 0.381 e. The van der Waals surface area contributed by atoms with E-state index in [1.165, 1.54) is 44.5 Å². The molecule has 0 bridgehead atoms. The molecule has 0 amide bonds. The minimum absolute atomic E-state index is 0.592. The van der Waals surface area contributed by atoms with Crippen LogP contribution in [-0.2, 0) is 4.74 Å². The van der Waals surface area contributed by atoms with Crippen LogP contribution in [-0.4, -0.2) is 50.3 Å². The van der Waals surface area contributed by atoms with Crippen LogP contribution in [0.1, 0.15) is 37.7 Å². The maximum absolute atomic E-state index is 5.49. The number of piperidine rings is 1. The van der Waals surface area contributed by atoms with Crippen LogP contribution in [0, 0.1) is 5.92 Å². The van der Waals surface area contributed by atoms with Gasteiger partial charge in [0.05, 0.1) is 6.61 Å². The number of benzene rings is 1. The predicted molar refractivity (Wildman–Crippen MR) is 91.2 cm³/mol. The van der Waals surface area contributed by atoms with Gasteiger partial charge in [-0.05, 0) is 49.8 Å². The van der Waals surface area contributed by atoms with Gasteiger partial charge >= 0.3 is 0 Å². The van der Waals surface area contributed by atoms with Crippen molar-refractivity contribution in [1.82, 2.24) is 10.2 Å². The van der Waals surface area contributed by atoms with Gasteiger partial charge in [-0.3, -0.25) is 0 Å². The van der Waals surface area contributed by atoms with Crippen molar-refractivity contribution in [1.29, 1.82) is 0 Å². The van der Waals surface area contributed by atoms with E-state index in [-0.39, 0.29) is 0 Å². The Morgan fingerprint density at radius 1 is 1.18 bits per heavy atom. The second-order valence-corrected chi connectivity index (χ2v) is 7.02. The fraction of sp³-hybridized carbons (Fsp3) is 0.684. The molecule has 0 aromatic heterocycles. The molecule has 3 heteroatoms. The van der Waals surface area contributed by atoms with Crippen molar-refractivity contribution in [3.63, 3.8) is 0 Å². The Hall–Kier alpha value is -0.900. The highest BCUT2D eigenvalue weighted by molar-refractivity contribution is 5.19. The summed E-state index contributed by atoms with van der Waals surface area (Å²) >= 11 is 0. The van der Waals surface area contributed by atoms with E-state index in [0.29, 0.717) is 12.0 Å². The molecule has 2 saturated heterocycles. The van der Waals surface area contributed by atoms with Gasteiger partial charge in [0.1, 0.15) is 0 Å². The summed E-state index contributed by atoms with van der Waals surface area (Å²) in [6.45, 7) is 9.09. The minimum Gasteiger partial charge on any atom is -0.381 e. The molecular weight excluding hydrogens is 272 g/mol. The summed E-state index contributed by atoms with van der Waals surface area (Å²) < 4.78 is 5.49. The van der Waals surface area contributed by atoms with Gasteiger partial charge in [0, 0.05) is 25.7 Å². The molecular formula is C19H30N2O. The number of nitrogens with one attached hydrogen (secondary N) is 1. The van der Waals surface area contributed by atoms with E-state index in [1.54, 1.807) is 0 Å². The molecule has 2 aliphatic heterocycles. The molecule has 122 valence electrons. The van der Waals surface area contributed by atoms with Crippen LogP contribution >= 0.6 is 0 Å². The summed E-state index contributed by atoms with van der Waals surface area (Å²) in [4.78, 5) is 2.64. The van der Waals surface area contributed by atoms with E-state index < -0.39 is 0 Å². The van der Waals surface area contributed by atoms with Crippen LogP contribution in [0.25, 0.3) is 0 Å². The van der Waals surface area contributed by atoms with Crippen LogP contribution in [0.2, 0.25) is 0 Å². The Morgan fingerprint density at radius 3 is 2.64 bits per heavy atom.